The quantitative estimate of drug-likeness (QED) is 0.658. The highest BCUT2D eigenvalue weighted by Gasteiger charge is 2.04. The minimum absolute atomic E-state index is 0.242. The van der Waals surface area contributed by atoms with Gasteiger partial charge in [0.05, 0.1) is 12.2 Å². The first-order chi connectivity index (χ1) is 10.7. The number of nitrogens with one attached hydrogen (secondary N) is 2. The average molecular weight is 304 g/mol. The lowest BCUT2D eigenvalue weighted by Crippen LogP contribution is -2.38. The van der Waals surface area contributed by atoms with Gasteiger partial charge in [-0.25, -0.2) is 8.78 Å². The SMILES string of the molecule is CN=C(NCCc1cccc(F)c1)NCc1ncccc1F. The van der Waals surface area contributed by atoms with E-state index in [9.17, 15) is 8.78 Å². The van der Waals surface area contributed by atoms with Crippen molar-refractivity contribution in [2.24, 2.45) is 4.99 Å². The van der Waals surface area contributed by atoms with Crippen molar-refractivity contribution in [1.29, 1.82) is 0 Å². The molecule has 6 heteroatoms. The van der Waals surface area contributed by atoms with Crippen LogP contribution in [0.5, 0.6) is 0 Å². The number of guanidine groups is 1. The van der Waals surface area contributed by atoms with Crippen molar-refractivity contribution < 1.29 is 8.78 Å². The van der Waals surface area contributed by atoms with Crippen LogP contribution in [0.1, 0.15) is 11.3 Å². The van der Waals surface area contributed by atoms with Gasteiger partial charge < -0.3 is 10.6 Å². The van der Waals surface area contributed by atoms with Crippen molar-refractivity contribution in [2.45, 2.75) is 13.0 Å². The molecule has 1 heterocycles. The van der Waals surface area contributed by atoms with Gasteiger partial charge in [0.2, 0.25) is 0 Å². The number of rotatable bonds is 5. The molecule has 1 aromatic heterocycles. The molecule has 0 aliphatic rings. The lowest BCUT2D eigenvalue weighted by molar-refractivity contribution is 0.592. The molecule has 0 unspecified atom stereocenters. The predicted octanol–water partition coefficient (Wildman–Crippen LogP) is 2.27. The molecular formula is C16H18F2N4. The number of benzene rings is 1. The zero-order valence-corrected chi connectivity index (χ0v) is 12.3. The Labute approximate surface area is 128 Å². The Balaban J connectivity index is 1.79. The standard InChI is InChI=1S/C16H18F2N4/c1-19-16(22-11-15-14(18)6-3-8-20-15)21-9-7-12-4-2-5-13(17)10-12/h2-6,8,10H,7,9,11H2,1H3,(H2,19,21,22). The van der Waals surface area contributed by atoms with Crippen LogP contribution in [0.3, 0.4) is 0 Å². The van der Waals surface area contributed by atoms with E-state index in [4.69, 9.17) is 0 Å². The maximum absolute atomic E-state index is 13.5. The Morgan fingerprint density at radius 3 is 2.77 bits per heavy atom. The number of pyridine rings is 1. The minimum atomic E-state index is -0.356. The summed E-state index contributed by atoms with van der Waals surface area (Å²) >= 11 is 0. The molecule has 1 aromatic carbocycles. The number of halogens is 2. The molecule has 4 nitrogen and oxygen atoms in total. The Kier molecular flexibility index (Phi) is 5.82. The lowest BCUT2D eigenvalue weighted by atomic mass is 10.1. The summed E-state index contributed by atoms with van der Waals surface area (Å²) in [5.74, 6) is -0.0581. The van der Waals surface area contributed by atoms with Gasteiger partial charge in [-0.3, -0.25) is 9.98 Å². The van der Waals surface area contributed by atoms with Gasteiger partial charge in [0.15, 0.2) is 5.96 Å². The number of aromatic nitrogens is 1. The zero-order chi connectivity index (χ0) is 15.8. The Hall–Kier alpha value is -2.50. The molecule has 0 aliphatic heterocycles. The number of aliphatic imine (C=N–C) groups is 1. The fourth-order valence-corrected chi connectivity index (χ4v) is 1.95. The minimum Gasteiger partial charge on any atom is -0.356 e. The number of hydrogen-bond donors (Lipinski definition) is 2. The molecular weight excluding hydrogens is 286 g/mol. The molecule has 22 heavy (non-hydrogen) atoms. The summed E-state index contributed by atoms with van der Waals surface area (Å²) in [7, 11) is 1.63. The van der Waals surface area contributed by atoms with E-state index in [1.54, 1.807) is 25.4 Å². The maximum Gasteiger partial charge on any atom is 0.191 e. The topological polar surface area (TPSA) is 49.3 Å². The molecule has 0 saturated heterocycles. The van der Waals surface area contributed by atoms with Gasteiger partial charge in [-0.05, 0) is 36.2 Å². The summed E-state index contributed by atoms with van der Waals surface area (Å²) in [5, 5.41) is 6.08. The van der Waals surface area contributed by atoms with Gasteiger partial charge in [-0.15, -0.1) is 0 Å². The van der Waals surface area contributed by atoms with Crippen LogP contribution in [-0.4, -0.2) is 24.5 Å². The van der Waals surface area contributed by atoms with Crippen molar-refractivity contribution in [3.8, 4) is 0 Å². The maximum atomic E-state index is 13.5. The van der Waals surface area contributed by atoms with Crippen LogP contribution in [0, 0.1) is 11.6 Å². The van der Waals surface area contributed by atoms with E-state index < -0.39 is 0 Å². The summed E-state index contributed by atoms with van der Waals surface area (Å²) in [6.45, 7) is 0.833. The van der Waals surface area contributed by atoms with E-state index in [0.29, 0.717) is 24.6 Å². The molecule has 0 aliphatic carbocycles. The molecule has 2 rings (SSSR count). The van der Waals surface area contributed by atoms with Crippen LogP contribution < -0.4 is 10.6 Å². The first-order valence-electron chi connectivity index (χ1n) is 6.97. The van der Waals surface area contributed by atoms with E-state index in [1.807, 2.05) is 6.07 Å². The first kappa shape index (κ1) is 15.9. The van der Waals surface area contributed by atoms with Crippen molar-refractivity contribution in [1.82, 2.24) is 15.6 Å². The third kappa shape index (κ3) is 4.80. The molecule has 0 radical (unpaired) electrons. The normalized spacial score (nSPS) is 11.3. The van der Waals surface area contributed by atoms with Crippen LogP contribution in [-0.2, 0) is 13.0 Å². The smallest absolute Gasteiger partial charge is 0.191 e. The van der Waals surface area contributed by atoms with Gasteiger partial charge in [-0.2, -0.15) is 0 Å². The fourth-order valence-electron chi connectivity index (χ4n) is 1.95. The second-order valence-corrected chi connectivity index (χ2v) is 4.66. The second kappa shape index (κ2) is 8.07. The Morgan fingerprint density at radius 1 is 1.18 bits per heavy atom. The molecule has 116 valence electrons. The van der Waals surface area contributed by atoms with Crippen LogP contribution in [0.25, 0.3) is 0 Å². The number of nitrogens with zero attached hydrogens (tertiary/aromatic N) is 2. The summed E-state index contributed by atoms with van der Waals surface area (Å²) in [6.07, 6.45) is 2.21. The lowest BCUT2D eigenvalue weighted by Gasteiger charge is -2.12. The van der Waals surface area contributed by atoms with E-state index in [1.165, 1.54) is 18.2 Å². The largest absolute Gasteiger partial charge is 0.356 e. The first-order valence-corrected chi connectivity index (χ1v) is 6.97. The third-order valence-electron chi connectivity index (χ3n) is 3.08. The summed E-state index contributed by atoms with van der Waals surface area (Å²) in [4.78, 5) is 8.01. The van der Waals surface area contributed by atoms with Crippen molar-refractivity contribution in [3.63, 3.8) is 0 Å². The van der Waals surface area contributed by atoms with Gasteiger partial charge in [0.25, 0.3) is 0 Å². The zero-order valence-electron chi connectivity index (χ0n) is 12.3. The Bertz CT molecular complexity index is 644. The molecule has 0 spiro atoms. The van der Waals surface area contributed by atoms with Crippen molar-refractivity contribution in [2.75, 3.05) is 13.6 Å². The van der Waals surface area contributed by atoms with Crippen molar-refractivity contribution in [3.05, 3.63) is 65.5 Å². The van der Waals surface area contributed by atoms with Gasteiger partial charge in [0, 0.05) is 19.8 Å². The molecule has 0 atom stereocenters. The Morgan fingerprint density at radius 2 is 2.05 bits per heavy atom. The summed E-state index contributed by atoms with van der Waals surface area (Å²) in [5.41, 5.74) is 1.23. The van der Waals surface area contributed by atoms with Gasteiger partial charge >= 0.3 is 0 Å². The third-order valence-corrected chi connectivity index (χ3v) is 3.08. The van der Waals surface area contributed by atoms with Crippen LogP contribution in [0.4, 0.5) is 8.78 Å². The molecule has 0 saturated carbocycles. The summed E-state index contributed by atoms with van der Waals surface area (Å²) in [6, 6.07) is 9.38. The predicted molar refractivity (Wildman–Crippen MR) is 82.5 cm³/mol. The van der Waals surface area contributed by atoms with Gasteiger partial charge in [-0.1, -0.05) is 12.1 Å². The van der Waals surface area contributed by atoms with E-state index in [0.717, 1.165) is 5.56 Å². The van der Waals surface area contributed by atoms with E-state index >= 15 is 0 Å². The monoisotopic (exact) mass is 304 g/mol. The highest BCUT2D eigenvalue weighted by Crippen LogP contribution is 2.04. The summed E-state index contributed by atoms with van der Waals surface area (Å²) < 4.78 is 26.5. The molecule has 0 bridgehead atoms. The number of hydrogen-bond acceptors (Lipinski definition) is 2. The van der Waals surface area contributed by atoms with E-state index in [-0.39, 0.29) is 18.2 Å². The average Bonchev–Trinajstić information content (AvgIpc) is 2.52. The van der Waals surface area contributed by atoms with Crippen LogP contribution in [0.15, 0.2) is 47.6 Å². The molecule has 0 amide bonds. The van der Waals surface area contributed by atoms with Gasteiger partial charge in [0.1, 0.15) is 11.6 Å². The van der Waals surface area contributed by atoms with Crippen LogP contribution in [0.2, 0.25) is 0 Å². The second-order valence-electron chi connectivity index (χ2n) is 4.66. The van der Waals surface area contributed by atoms with Crippen molar-refractivity contribution >= 4 is 5.96 Å². The molecule has 0 fully saturated rings. The highest BCUT2D eigenvalue weighted by atomic mass is 19.1. The van der Waals surface area contributed by atoms with E-state index in [2.05, 4.69) is 20.6 Å². The van der Waals surface area contributed by atoms with Crippen LogP contribution >= 0.6 is 0 Å². The highest BCUT2D eigenvalue weighted by molar-refractivity contribution is 5.79. The fraction of sp³-hybridized carbons (Fsp3) is 0.250. The molecule has 2 aromatic rings. The molecule has 2 N–H and O–H groups in total.